The highest BCUT2D eigenvalue weighted by Gasteiger charge is 2.37. The molecule has 4 heteroatoms. The van der Waals surface area contributed by atoms with Crippen LogP contribution in [0.4, 0.5) is 5.13 Å². The number of piperidine rings is 1. The molecule has 164 valence electrons. The van der Waals surface area contributed by atoms with Crippen LogP contribution in [0.3, 0.4) is 0 Å². The summed E-state index contributed by atoms with van der Waals surface area (Å²) < 4.78 is 0. The van der Waals surface area contributed by atoms with Crippen molar-refractivity contribution >= 4 is 16.5 Å². The van der Waals surface area contributed by atoms with E-state index in [-0.39, 0.29) is 10.8 Å². The first kappa shape index (κ1) is 21.8. The van der Waals surface area contributed by atoms with Crippen molar-refractivity contribution in [2.45, 2.75) is 83.5 Å². The molecule has 1 saturated heterocycles. The molecule has 0 unspecified atom stereocenters. The van der Waals surface area contributed by atoms with Crippen LogP contribution in [-0.4, -0.2) is 29.8 Å². The maximum atomic E-state index is 8.99. The Balaban J connectivity index is 1.48. The van der Waals surface area contributed by atoms with Crippen molar-refractivity contribution in [3.05, 3.63) is 34.7 Å². The van der Waals surface area contributed by atoms with Gasteiger partial charge in [-0.3, -0.25) is 0 Å². The van der Waals surface area contributed by atoms with Crippen molar-refractivity contribution in [3.8, 4) is 11.3 Å². The standard InChI is InChI=1S/C26H38N2OS/c1-25(2)12-13-26(3,4)22-17-20(8-9-21(22)25)23-18-30-24(27-23)28-14-10-19(11-15-28)7-5-6-16-29/h8-9,17-19,29H,5-7,10-16H2,1-4H3. The summed E-state index contributed by atoms with van der Waals surface area (Å²) in [4.78, 5) is 7.52. The highest BCUT2D eigenvalue weighted by atomic mass is 32.1. The Kier molecular flexibility index (Phi) is 6.28. The van der Waals surface area contributed by atoms with E-state index in [1.807, 2.05) is 0 Å². The number of aliphatic hydroxyl groups is 1. The van der Waals surface area contributed by atoms with E-state index in [9.17, 15) is 0 Å². The molecule has 0 amide bonds. The van der Waals surface area contributed by atoms with E-state index < -0.39 is 0 Å². The van der Waals surface area contributed by atoms with E-state index in [1.165, 1.54) is 53.9 Å². The molecule has 0 radical (unpaired) electrons. The van der Waals surface area contributed by atoms with Gasteiger partial charge in [-0.05, 0) is 66.0 Å². The van der Waals surface area contributed by atoms with E-state index in [0.717, 1.165) is 37.5 Å². The van der Waals surface area contributed by atoms with Crippen molar-refractivity contribution in [1.29, 1.82) is 0 Å². The fraction of sp³-hybridized carbons (Fsp3) is 0.654. The number of rotatable bonds is 6. The van der Waals surface area contributed by atoms with E-state index in [2.05, 4.69) is 56.2 Å². The van der Waals surface area contributed by atoms with Crippen LogP contribution >= 0.6 is 11.3 Å². The first-order valence-electron chi connectivity index (χ1n) is 11.8. The van der Waals surface area contributed by atoms with Crippen molar-refractivity contribution in [1.82, 2.24) is 4.98 Å². The third-order valence-corrected chi connectivity index (χ3v) is 8.45. The minimum atomic E-state index is 0.234. The summed E-state index contributed by atoms with van der Waals surface area (Å²) in [6.07, 6.45) is 8.37. The van der Waals surface area contributed by atoms with E-state index in [0.29, 0.717) is 6.61 Å². The molecule has 1 fully saturated rings. The second-order valence-corrected chi connectivity index (χ2v) is 11.5. The van der Waals surface area contributed by atoms with Crippen LogP contribution in [0.15, 0.2) is 23.6 Å². The largest absolute Gasteiger partial charge is 0.396 e. The van der Waals surface area contributed by atoms with Crippen LogP contribution < -0.4 is 4.90 Å². The Morgan fingerprint density at radius 3 is 2.43 bits per heavy atom. The molecule has 1 N–H and O–H groups in total. The summed E-state index contributed by atoms with van der Waals surface area (Å²) in [5, 5.41) is 12.4. The van der Waals surface area contributed by atoms with Crippen molar-refractivity contribution in [2.75, 3.05) is 24.6 Å². The molecule has 30 heavy (non-hydrogen) atoms. The van der Waals surface area contributed by atoms with Gasteiger partial charge >= 0.3 is 0 Å². The lowest BCUT2D eigenvalue weighted by atomic mass is 9.63. The molecular formula is C26H38N2OS. The summed E-state index contributed by atoms with van der Waals surface area (Å²) >= 11 is 1.79. The van der Waals surface area contributed by atoms with Crippen molar-refractivity contribution in [3.63, 3.8) is 0 Å². The average molecular weight is 427 g/mol. The van der Waals surface area contributed by atoms with Crippen molar-refractivity contribution in [2.24, 2.45) is 5.92 Å². The molecule has 1 aliphatic carbocycles. The zero-order valence-electron chi connectivity index (χ0n) is 19.2. The van der Waals surface area contributed by atoms with E-state index >= 15 is 0 Å². The molecule has 0 bridgehead atoms. The van der Waals surface area contributed by atoms with Gasteiger partial charge < -0.3 is 10.0 Å². The topological polar surface area (TPSA) is 36.4 Å². The molecule has 0 spiro atoms. The molecule has 1 aromatic carbocycles. The van der Waals surface area contributed by atoms with Crippen LogP contribution in [0.5, 0.6) is 0 Å². The van der Waals surface area contributed by atoms with E-state index in [4.69, 9.17) is 10.1 Å². The number of fused-ring (bicyclic) bond motifs is 1. The van der Waals surface area contributed by atoms with Gasteiger partial charge in [-0.15, -0.1) is 11.3 Å². The molecule has 2 aromatic rings. The quantitative estimate of drug-likeness (QED) is 0.533. The smallest absolute Gasteiger partial charge is 0.185 e. The fourth-order valence-corrected chi connectivity index (χ4v) is 6.14. The molecule has 4 rings (SSSR count). The Hall–Kier alpha value is -1.39. The minimum absolute atomic E-state index is 0.234. The molecule has 0 saturated carbocycles. The molecule has 1 aromatic heterocycles. The summed E-state index contributed by atoms with van der Waals surface area (Å²) in [5.41, 5.74) is 5.91. The number of hydrogen-bond donors (Lipinski definition) is 1. The second-order valence-electron chi connectivity index (χ2n) is 10.7. The predicted molar refractivity (Wildman–Crippen MR) is 129 cm³/mol. The number of hydrogen-bond acceptors (Lipinski definition) is 4. The second kappa shape index (κ2) is 8.63. The van der Waals surface area contributed by atoms with Gasteiger partial charge in [0.1, 0.15) is 0 Å². The lowest BCUT2D eigenvalue weighted by Gasteiger charge is -2.42. The number of nitrogens with zero attached hydrogens (tertiary/aromatic N) is 2. The summed E-state index contributed by atoms with van der Waals surface area (Å²) in [6, 6.07) is 7.07. The van der Waals surface area contributed by atoms with Gasteiger partial charge in [0.05, 0.1) is 5.69 Å². The van der Waals surface area contributed by atoms with Crippen LogP contribution in [0.1, 0.15) is 83.8 Å². The van der Waals surface area contributed by atoms with Gasteiger partial charge in [0.15, 0.2) is 5.13 Å². The molecule has 0 atom stereocenters. The fourth-order valence-electron chi connectivity index (χ4n) is 5.25. The Morgan fingerprint density at radius 2 is 1.73 bits per heavy atom. The highest BCUT2D eigenvalue weighted by molar-refractivity contribution is 7.14. The number of aliphatic hydroxyl groups excluding tert-OH is 1. The van der Waals surface area contributed by atoms with Gasteiger partial charge in [0, 0.05) is 30.6 Å². The van der Waals surface area contributed by atoms with Crippen LogP contribution in [0.2, 0.25) is 0 Å². The van der Waals surface area contributed by atoms with Crippen LogP contribution in [0, 0.1) is 5.92 Å². The summed E-state index contributed by atoms with van der Waals surface area (Å²) in [6.45, 7) is 12.1. The van der Waals surface area contributed by atoms with Gasteiger partial charge in [-0.25, -0.2) is 4.98 Å². The highest BCUT2D eigenvalue weighted by Crippen LogP contribution is 2.47. The number of unbranched alkanes of at least 4 members (excludes halogenated alkanes) is 1. The number of benzene rings is 1. The van der Waals surface area contributed by atoms with Gasteiger partial charge in [0.25, 0.3) is 0 Å². The number of aromatic nitrogens is 1. The van der Waals surface area contributed by atoms with Crippen LogP contribution in [-0.2, 0) is 10.8 Å². The summed E-state index contributed by atoms with van der Waals surface area (Å²) in [7, 11) is 0. The predicted octanol–water partition coefficient (Wildman–Crippen LogP) is 6.54. The Morgan fingerprint density at radius 1 is 1.03 bits per heavy atom. The lowest BCUT2D eigenvalue weighted by molar-refractivity contribution is 0.272. The first-order chi connectivity index (χ1) is 14.3. The number of anilines is 1. The molecule has 2 heterocycles. The Bertz CT molecular complexity index is 862. The van der Waals surface area contributed by atoms with Crippen LogP contribution in [0.25, 0.3) is 11.3 Å². The number of thiazole rings is 1. The normalized spacial score (nSPS) is 20.9. The Labute approximate surface area is 186 Å². The zero-order chi connectivity index (χ0) is 21.4. The SMILES string of the molecule is CC1(C)CCC(C)(C)c2cc(-c3csc(N4CCC(CCCCO)CC4)n3)ccc21. The maximum Gasteiger partial charge on any atom is 0.185 e. The zero-order valence-corrected chi connectivity index (χ0v) is 20.0. The minimum Gasteiger partial charge on any atom is -0.396 e. The molecule has 1 aliphatic heterocycles. The van der Waals surface area contributed by atoms with Gasteiger partial charge in [-0.1, -0.05) is 52.7 Å². The summed E-state index contributed by atoms with van der Waals surface area (Å²) in [5.74, 6) is 0.818. The van der Waals surface area contributed by atoms with Crippen molar-refractivity contribution < 1.29 is 5.11 Å². The average Bonchev–Trinajstić information content (AvgIpc) is 3.22. The third kappa shape index (κ3) is 4.45. The third-order valence-electron chi connectivity index (χ3n) is 7.55. The molecule has 2 aliphatic rings. The lowest BCUT2D eigenvalue weighted by Crippen LogP contribution is -2.33. The molecule has 3 nitrogen and oxygen atoms in total. The van der Waals surface area contributed by atoms with E-state index in [1.54, 1.807) is 11.3 Å². The maximum absolute atomic E-state index is 8.99. The van der Waals surface area contributed by atoms with Gasteiger partial charge in [0.2, 0.25) is 0 Å². The molecular weight excluding hydrogens is 388 g/mol. The van der Waals surface area contributed by atoms with Gasteiger partial charge in [-0.2, -0.15) is 0 Å². The monoisotopic (exact) mass is 426 g/mol. The first-order valence-corrected chi connectivity index (χ1v) is 12.6.